The maximum absolute atomic E-state index is 12.8. The minimum atomic E-state index is -0.232. The summed E-state index contributed by atoms with van der Waals surface area (Å²) in [5.74, 6) is 3.55. The Bertz CT molecular complexity index is 795. The van der Waals surface area contributed by atoms with Gasteiger partial charge in [0.1, 0.15) is 0 Å². The standard InChI is InChI=1S/C24H34N2O4/c1-15(20-11-17-4-6-18(20)10-17)25-24(28)19-13-23(27)26(14-19)9-8-16-5-7-21(29-2)22(12-16)30-3/h5,7,12,15,17-20H,4,6,8-11,13-14H2,1-3H3,(H,25,28). The second kappa shape index (κ2) is 8.86. The van der Waals surface area contributed by atoms with E-state index in [0.29, 0.717) is 36.9 Å². The lowest BCUT2D eigenvalue weighted by atomic mass is 9.84. The number of nitrogens with zero attached hydrogens (tertiary/aromatic N) is 1. The molecule has 6 heteroatoms. The Kier molecular flexibility index (Phi) is 6.21. The molecule has 2 aliphatic carbocycles. The maximum atomic E-state index is 12.8. The van der Waals surface area contributed by atoms with Gasteiger partial charge in [0.05, 0.1) is 20.1 Å². The molecule has 1 aliphatic heterocycles. The topological polar surface area (TPSA) is 67.9 Å². The van der Waals surface area contributed by atoms with Crippen LogP contribution in [0, 0.1) is 23.7 Å². The average molecular weight is 415 g/mol. The number of ether oxygens (including phenoxy) is 2. The van der Waals surface area contributed by atoms with Crippen LogP contribution in [0.3, 0.4) is 0 Å². The number of rotatable bonds is 8. The smallest absolute Gasteiger partial charge is 0.225 e. The van der Waals surface area contributed by atoms with E-state index in [9.17, 15) is 9.59 Å². The van der Waals surface area contributed by atoms with Gasteiger partial charge in [-0.3, -0.25) is 9.59 Å². The van der Waals surface area contributed by atoms with Crippen molar-refractivity contribution >= 4 is 11.8 Å². The van der Waals surface area contributed by atoms with E-state index in [1.807, 2.05) is 23.1 Å². The SMILES string of the molecule is COc1ccc(CCN2CC(C(=O)NC(C)C3CC4CCC3C4)CC2=O)cc1OC. The van der Waals surface area contributed by atoms with E-state index in [-0.39, 0.29) is 23.8 Å². The van der Waals surface area contributed by atoms with E-state index >= 15 is 0 Å². The first kappa shape index (κ1) is 21.0. The van der Waals surface area contributed by atoms with Gasteiger partial charge in [-0.15, -0.1) is 0 Å². The van der Waals surface area contributed by atoms with Crippen molar-refractivity contribution in [1.29, 1.82) is 0 Å². The second-order valence-corrected chi connectivity index (χ2v) is 9.32. The number of benzene rings is 1. The molecular weight excluding hydrogens is 380 g/mol. The molecule has 2 saturated carbocycles. The molecular formula is C24H34N2O4. The lowest BCUT2D eigenvalue weighted by molar-refractivity contribution is -0.129. The van der Waals surface area contributed by atoms with E-state index in [1.54, 1.807) is 14.2 Å². The third-order valence-electron chi connectivity index (χ3n) is 7.51. The molecule has 5 unspecified atom stereocenters. The van der Waals surface area contributed by atoms with Crippen molar-refractivity contribution in [3.05, 3.63) is 23.8 Å². The van der Waals surface area contributed by atoms with E-state index in [0.717, 1.165) is 23.8 Å². The van der Waals surface area contributed by atoms with Crippen LogP contribution in [0.2, 0.25) is 0 Å². The fraction of sp³-hybridized carbons (Fsp3) is 0.667. The highest BCUT2D eigenvalue weighted by Crippen LogP contribution is 2.49. The Morgan fingerprint density at radius 2 is 2.00 bits per heavy atom. The van der Waals surface area contributed by atoms with Gasteiger partial charge in [0.25, 0.3) is 0 Å². The summed E-state index contributed by atoms with van der Waals surface area (Å²) in [6.07, 6.45) is 6.34. The van der Waals surface area contributed by atoms with Crippen LogP contribution in [-0.4, -0.2) is 50.1 Å². The molecule has 4 rings (SSSR count). The molecule has 2 bridgehead atoms. The predicted molar refractivity (Wildman–Crippen MR) is 114 cm³/mol. The quantitative estimate of drug-likeness (QED) is 0.710. The summed E-state index contributed by atoms with van der Waals surface area (Å²) in [5.41, 5.74) is 1.08. The molecule has 5 atom stereocenters. The first-order valence-electron chi connectivity index (χ1n) is 11.3. The first-order valence-corrected chi connectivity index (χ1v) is 11.3. The third kappa shape index (κ3) is 4.28. The van der Waals surface area contributed by atoms with Gasteiger partial charge < -0.3 is 19.7 Å². The Balaban J connectivity index is 1.28. The third-order valence-corrected chi connectivity index (χ3v) is 7.51. The summed E-state index contributed by atoms with van der Waals surface area (Å²) in [6.45, 7) is 3.27. The van der Waals surface area contributed by atoms with Crippen molar-refractivity contribution in [2.45, 2.75) is 51.5 Å². The monoisotopic (exact) mass is 414 g/mol. The molecule has 1 aromatic rings. The molecule has 0 spiro atoms. The lowest BCUT2D eigenvalue weighted by Gasteiger charge is -2.29. The van der Waals surface area contributed by atoms with Crippen molar-refractivity contribution in [2.75, 3.05) is 27.3 Å². The van der Waals surface area contributed by atoms with Crippen LogP contribution in [0.4, 0.5) is 0 Å². The summed E-state index contributed by atoms with van der Waals surface area (Å²) < 4.78 is 10.6. The number of hydrogen-bond acceptors (Lipinski definition) is 4. The van der Waals surface area contributed by atoms with Crippen molar-refractivity contribution in [2.24, 2.45) is 23.7 Å². The van der Waals surface area contributed by atoms with Gasteiger partial charge in [-0.1, -0.05) is 12.5 Å². The normalized spacial score (nSPS) is 28.6. The Morgan fingerprint density at radius 3 is 2.67 bits per heavy atom. The maximum Gasteiger partial charge on any atom is 0.225 e. The van der Waals surface area contributed by atoms with E-state index < -0.39 is 0 Å². The van der Waals surface area contributed by atoms with Gasteiger partial charge in [-0.05, 0) is 68.1 Å². The molecule has 1 heterocycles. The Morgan fingerprint density at radius 1 is 1.20 bits per heavy atom. The highest BCUT2D eigenvalue weighted by Gasteiger charge is 2.43. The zero-order chi connectivity index (χ0) is 21.3. The van der Waals surface area contributed by atoms with Crippen molar-refractivity contribution in [3.63, 3.8) is 0 Å². The predicted octanol–water partition coefficient (Wildman–Crippen LogP) is 3.04. The molecule has 30 heavy (non-hydrogen) atoms. The van der Waals surface area contributed by atoms with Crippen LogP contribution in [-0.2, 0) is 16.0 Å². The highest BCUT2D eigenvalue weighted by molar-refractivity contribution is 5.89. The van der Waals surface area contributed by atoms with E-state index in [2.05, 4.69) is 12.2 Å². The van der Waals surface area contributed by atoms with Crippen molar-refractivity contribution in [3.8, 4) is 11.5 Å². The summed E-state index contributed by atoms with van der Waals surface area (Å²) >= 11 is 0. The van der Waals surface area contributed by atoms with E-state index in [1.165, 1.54) is 25.7 Å². The average Bonchev–Trinajstić information content (AvgIpc) is 3.47. The van der Waals surface area contributed by atoms with Crippen LogP contribution < -0.4 is 14.8 Å². The number of carbonyl (C=O) groups is 2. The first-order chi connectivity index (χ1) is 14.5. The number of amides is 2. The molecule has 1 saturated heterocycles. The number of nitrogens with one attached hydrogen (secondary N) is 1. The van der Waals surface area contributed by atoms with Crippen LogP contribution in [0.25, 0.3) is 0 Å². The van der Waals surface area contributed by atoms with Crippen LogP contribution >= 0.6 is 0 Å². The van der Waals surface area contributed by atoms with Gasteiger partial charge in [0.15, 0.2) is 11.5 Å². The number of methoxy groups -OCH3 is 2. The van der Waals surface area contributed by atoms with Gasteiger partial charge in [-0.25, -0.2) is 0 Å². The fourth-order valence-corrected chi connectivity index (χ4v) is 5.82. The van der Waals surface area contributed by atoms with Crippen LogP contribution in [0.15, 0.2) is 18.2 Å². The molecule has 164 valence electrons. The highest BCUT2D eigenvalue weighted by atomic mass is 16.5. The minimum absolute atomic E-state index is 0.0484. The Hall–Kier alpha value is -2.24. The molecule has 2 amide bonds. The molecule has 0 aromatic heterocycles. The minimum Gasteiger partial charge on any atom is -0.493 e. The number of likely N-dealkylation sites (tertiary alicyclic amines) is 1. The molecule has 0 radical (unpaired) electrons. The van der Waals surface area contributed by atoms with Gasteiger partial charge >= 0.3 is 0 Å². The molecule has 6 nitrogen and oxygen atoms in total. The van der Waals surface area contributed by atoms with Crippen molar-refractivity contribution < 1.29 is 19.1 Å². The fourth-order valence-electron chi connectivity index (χ4n) is 5.82. The summed E-state index contributed by atoms with van der Waals surface area (Å²) in [6, 6.07) is 6.03. The number of fused-ring (bicyclic) bond motifs is 2. The molecule has 1 N–H and O–H groups in total. The lowest BCUT2D eigenvalue weighted by Crippen LogP contribution is -2.43. The summed E-state index contributed by atoms with van der Waals surface area (Å²) in [7, 11) is 3.23. The van der Waals surface area contributed by atoms with Crippen LogP contribution in [0.1, 0.15) is 44.6 Å². The summed E-state index contributed by atoms with van der Waals surface area (Å²) in [5, 5.41) is 3.24. The molecule has 3 aliphatic rings. The molecule has 1 aromatic carbocycles. The van der Waals surface area contributed by atoms with Gasteiger partial charge in [-0.2, -0.15) is 0 Å². The molecule has 3 fully saturated rings. The number of carbonyl (C=O) groups excluding carboxylic acids is 2. The van der Waals surface area contributed by atoms with Gasteiger partial charge in [0, 0.05) is 25.6 Å². The second-order valence-electron chi connectivity index (χ2n) is 9.32. The zero-order valence-electron chi connectivity index (χ0n) is 18.4. The largest absolute Gasteiger partial charge is 0.493 e. The number of hydrogen-bond donors (Lipinski definition) is 1. The zero-order valence-corrected chi connectivity index (χ0v) is 18.4. The Labute approximate surface area is 179 Å². The van der Waals surface area contributed by atoms with E-state index in [4.69, 9.17) is 9.47 Å². The summed E-state index contributed by atoms with van der Waals surface area (Å²) in [4.78, 5) is 27.1. The van der Waals surface area contributed by atoms with Gasteiger partial charge in [0.2, 0.25) is 11.8 Å². The van der Waals surface area contributed by atoms with Crippen molar-refractivity contribution in [1.82, 2.24) is 10.2 Å². The van der Waals surface area contributed by atoms with Crippen LogP contribution in [0.5, 0.6) is 11.5 Å².